The van der Waals surface area contributed by atoms with Crippen LogP contribution in [-0.4, -0.2) is 63.5 Å². The Morgan fingerprint density at radius 3 is 3.04 bits per heavy atom. The molecular formula is C15H24IN7O. The molecule has 1 fully saturated rings. The van der Waals surface area contributed by atoms with E-state index in [2.05, 4.69) is 25.3 Å². The molecule has 1 aliphatic heterocycles. The van der Waals surface area contributed by atoms with Gasteiger partial charge in [0.15, 0.2) is 5.96 Å². The van der Waals surface area contributed by atoms with E-state index in [4.69, 9.17) is 4.74 Å². The van der Waals surface area contributed by atoms with Crippen LogP contribution < -0.4 is 5.32 Å². The zero-order valence-corrected chi connectivity index (χ0v) is 16.3. The summed E-state index contributed by atoms with van der Waals surface area (Å²) < 4.78 is 9.72. The number of guanidine groups is 1. The fraction of sp³-hybridized carbons (Fsp3) is 0.533. The molecule has 0 spiro atoms. The van der Waals surface area contributed by atoms with Crippen LogP contribution in [0.25, 0.3) is 0 Å². The maximum absolute atomic E-state index is 5.88. The average molecular weight is 445 g/mol. The zero-order valence-electron chi connectivity index (χ0n) is 14.0. The van der Waals surface area contributed by atoms with Crippen LogP contribution in [0.5, 0.6) is 0 Å². The molecule has 3 heterocycles. The lowest BCUT2D eigenvalue weighted by Gasteiger charge is -2.34. The monoisotopic (exact) mass is 445 g/mol. The molecule has 2 aromatic rings. The third-order valence-electron chi connectivity index (χ3n) is 3.89. The second-order valence-electron chi connectivity index (χ2n) is 5.53. The molecule has 0 amide bonds. The number of hydrogen-bond donors (Lipinski definition) is 1. The van der Waals surface area contributed by atoms with E-state index in [-0.39, 0.29) is 30.1 Å². The van der Waals surface area contributed by atoms with Gasteiger partial charge in [0.2, 0.25) is 0 Å². The molecule has 0 radical (unpaired) electrons. The number of imidazole rings is 1. The van der Waals surface area contributed by atoms with Gasteiger partial charge in [-0.15, -0.1) is 24.0 Å². The normalized spacial score (nSPS) is 18.3. The summed E-state index contributed by atoms with van der Waals surface area (Å²) in [4.78, 5) is 10.7. The van der Waals surface area contributed by atoms with E-state index in [0.29, 0.717) is 6.61 Å². The topological polar surface area (TPSA) is 72.5 Å². The minimum Gasteiger partial charge on any atom is -0.370 e. The summed E-state index contributed by atoms with van der Waals surface area (Å²) >= 11 is 0. The Morgan fingerprint density at radius 2 is 2.38 bits per heavy atom. The summed E-state index contributed by atoms with van der Waals surface area (Å²) in [6.07, 6.45) is 9.46. The fourth-order valence-corrected chi connectivity index (χ4v) is 2.70. The van der Waals surface area contributed by atoms with Crippen molar-refractivity contribution >= 4 is 29.9 Å². The molecule has 0 aromatic carbocycles. The Labute approximate surface area is 158 Å². The predicted octanol–water partition coefficient (Wildman–Crippen LogP) is 0.883. The molecule has 1 unspecified atom stereocenters. The van der Waals surface area contributed by atoms with E-state index < -0.39 is 0 Å². The molecule has 3 rings (SSSR count). The van der Waals surface area contributed by atoms with Crippen molar-refractivity contribution in [3.05, 3.63) is 36.7 Å². The van der Waals surface area contributed by atoms with Gasteiger partial charge in [-0.1, -0.05) is 0 Å². The van der Waals surface area contributed by atoms with Gasteiger partial charge in [0.25, 0.3) is 0 Å². The number of aromatic nitrogens is 4. The summed E-state index contributed by atoms with van der Waals surface area (Å²) in [5.41, 5.74) is 1.10. The average Bonchev–Trinajstić information content (AvgIpc) is 3.23. The third kappa shape index (κ3) is 4.69. The van der Waals surface area contributed by atoms with Crippen LogP contribution in [0, 0.1) is 0 Å². The summed E-state index contributed by atoms with van der Waals surface area (Å²) in [5, 5.41) is 7.63. The molecule has 1 atom stereocenters. The summed E-state index contributed by atoms with van der Waals surface area (Å²) in [5.74, 6) is 0.905. The quantitative estimate of drug-likeness (QED) is 0.430. The molecule has 1 aliphatic rings. The Kier molecular flexibility index (Phi) is 7.03. The minimum atomic E-state index is 0. The van der Waals surface area contributed by atoms with Crippen LogP contribution in [-0.2, 0) is 18.3 Å². The van der Waals surface area contributed by atoms with Crippen LogP contribution in [0.15, 0.2) is 36.1 Å². The van der Waals surface area contributed by atoms with Crippen molar-refractivity contribution in [3.8, 4) is 0 Å². The van der Waals surface area contributed by atoms with Gasteiger partial charge < -0.3 is 19.5 Å². The Bertz CT molecular complexity index is 640. The van der Waals surface area contributed by atoms with Gasteiger partial charge >= 0.3 is 0 Å². The van der Waals surface area contributed by atoms with Crippen molar-refractivity contribution in [1.29, 1.82) is 0 Å². The second-order valence-corrected chi connectivity index (χ2v) is 5.53. The molecule has 8 nitrogen and oxygen atoms in total. The third-order valence-corrected chi connectivity index (χ3v) is 3.89. The van der Waals surface area contributed by atoms with Crippen molar-refractivity contribution in [2.24, 2.45) is 12.0 Å². The van der Waals surface area contributed by atoms with Crippen molar-refractivity contribution in [1.82, 2.24) is 29.5 Å². The van der Waals surface area contributed by atoms with Gasteiger partial charge in [0.05, 0.1) is 25.7 Å². The molecule has 0 saturated carbocycles. The van der Waals surface area contributed by atoms with Crippen molar-refractivity contribution in [3.63, 3.8) is 0 Å². The lowest BCUT2D eigenvalue weighted by molar-refractivity contribution is -0.00802. The first-order valence-electron chi connectivity index (χ1n) is 7.78. The standard InChI is InChI=1S/C15H23N7O.HI/c1-16-15(18-4-6-21-5-3-17-12-21)22-7-8-23-14(11-22)13-9-19-20(2)10-13;/h3,5,9-10,12,14H,4,6-8,11H2,1-2H3,(H,16,18);1H. The van der Waals surface area contributed by atoms with E-state index >= 15 is 0 Å². The molecule has 24 heavy (non-hydrogen) atoms. The van der Waals surface area contributed by atoms with E-state index in [1.807, 2.05) is 43.6 Å². The Morgan fingerprint density at radius 1 is 1.50 bits per heavy atom. The summed E-state index contributed by atoms with van der Waals surface area (Å²) in [6, 6.07) is 0. The highest BCUT2D eigenvalue weighted by molar-refractivity contribution is 14.0. The Hall–Kier alpha value is -1.62. The number of morpholine rings is 1. The molecule has 2 aromatic heterocycles. The highest BCUT2D eigenvalue weighted by atomic mass is 127. The van der Waals surface area contributed by atoms with Gasteiger partial charge in [-0.2, -0.15) is 5.10 Å². The smallest absolute Gasteiger partial charge is 0.193 e. The second kappa shape index (κ2) is 9.02. The Balaban J connectivity index is 0.00000208. The van der Waals surface area contributed by atoms with Crippen LogP contribution in [0.2, 0.25) is 0 Å². The van der Waals surface area contributed by atoms with Crippen LogP contribution in [0.3, 0.4) is 0 Å². The molecule has 9 heteroatoms. The van der Waals surface area contributed by atoms with Crippen molar-refractivity contribution in [2.45, 2.75) is 12.6 Å². The highest BCUT2D eigenvalue weighted by Gasteiger charge is 2.24. The fourth-order valence-electron chi connectivity index (χ4n) is 2.70. The number of halogens is 1. The van der Waals surface area contributed by atoms with Crippen LogP contribution in [0.4, 0.5) is 0 Å². The molecule has 0 aliphatic carbocycles. The van der Waals surface area contributed by atoms with Crippen LogP contribution in [0.1, 0.15) is 11.7 Å². The molecular weight excluding hydrogens is 421 g/mol. The van der Waals surface area contributed by atoms with Crippen LogP contribution >= 0.6 is 24.0 Å². The SMILES string of the molecule is CN=C(NCCn1ccnc1)N1CCOC(c2cnn(C)c2)C1.I. The molecule has 0 bridgehead atoms. The number of nitrogens with one attached hydrogen (secondary N) is 1. The zero-order chi connectivity index (χ0) is 16.1. The first-order chi connectivity index (χ1) is 11.3. The van der Waals surface area contributed by atoms with E-state index in [9.17, 15) is 0 Å². The largest absolute Gasteiger partial charge is 0.370 e. The van der Waals surface area contributed by atoms with Gasteiger partial charge in [0, 0.05) is 57.9 Å². The number of nitrogens with zero attached hydrogens (tertiary/aromatic N) is 6. The summed E-state index contributed by atoms with van der Waals surface area (Å²) in [7, 11) is 3.73. The summed E-state index contributed by atoms with van der Waals surface area (Å²) in [6.45, 7) is 3.95. The van der Waals surface area contributed by atoms with Crippen molar-refractivity contribution < 1.29 is 4.74 Å². The van der Waals surface area contributed by atoms with E-state index in [0.717, 1.165) is 37.7 Å². The van der Waals surface area contributed by atoms with Gasteiger partial charge in [-0.3, -0.25) is 9.67 Å². The van der Waals surface area contributed by atoms with Crippen molar-refractivity contribution in [2.75, 3.05) is 33.3 Å². The first-order valence-corrected chi connectivity index (χ1v) is 7.78. The lowest BCUT2D eigenvalue weighted by atomic mass is 10.1. The molecule has 1 N–H and O–H groups in total. The number of aliphatic imine (C=N–C) groups is 1. The predicted molar refractivity (Wildman–Crippen MR) is 102 cm³/mol. The van der Waals surface area contributed by atoms with E-state index in [1.165, 1.54) is 0 Å². The number of aryl methyl sites for hydroxylation is 1. The lowest BCUT2D eigenvalue weighted by Crippen LogP contribution is -2.48. The minimum absolute atomic E-state index is 0. The van der Waals surface area contributed by atoms with Gasteiger partial charge in [-0.25, -0.2) is 4.98 Å². The number of rotatable bonds is 4. The molecule has 1 saturated heterocycles. The maximum atomic E-state index is 5.88. The molecule has 132 valence electrons. The first kappa shape index (κ1) is 18.7. The van der Waals surface area contributed by atoms with Gasteiger partial charge in [0.1, 0.15) is 6.10 Å². The maximum Gasteiger partial charge on any atom is 0.193 e. The van der Waals surface area contributed by atoms with E-state index in [1.54, 1.807) is 10.9 Å². The van der Waals surface area contributed by atoms with Gasteiger partial charge in [-0.05, 0) is 0 Å². The number of ether oxygens (including phenoxy) is 1. The highest BCUT2D eigenvalue weighted by Crippen LogP contribution is 2.21. The number of hydrogen-bond acceptors (Lipinski definition) is 4.